The van der Waals surface area contributed by atoms with Gasteiger partial charge < -0.3 is 14.5 Å². The number of sulfonamides is 1. The highest BCUT2D eigenvalue weighted by Gasteiger charge is 2.35. The van der Waals surface area contributed by atoms with Crippen LogP contribution in [0.1, 0.15) is 47.9 Å². The van der Waals surface area contributed by atoms with Crippen molar-refractivity contribution >= 4 is 38.4 Å². The zero-order valence-electron chi connectivity index (χ0n) is 19.8. The van der Waals surface area contributed by atoms with Gasteiger partial charge in [-0.15, -0.1) is 0 Å². The van der Waals surface area contributed by atoms with E-state index in [-0.39, 0.29) is 24.7 Å². The number of fused-ring (bicyclic) bond motifs is 2. The summed E-state index contributed by atoms with van der Waals surface area (Å²) in [5, 5.41) is 3.21. The van der Waals surface area contributed by atoms with E-state index in [1.165, 1.54) is 4.31 Å². The maximum Gasteiger partial charge on any atom is 0.255 e. The number of benzene rings is 2. The zero-order chi connectivity index (χ0) is 24.8. The molecule has 0 saturated heterocycles. The number of nitrogens with zero attached hydrogens (tertiary/aromatic N) is 1. The molecule has 0 saturated carbocycles. The van der Waals surface area contributed by atoms with E-state index in [2.05, 4.69) is 5.32 Å². The predicted molar refractivity (Wildman–Crippen MR) is 131 cm³/mol. The number of hydrogen-bond donors (Lipinski definition) is 1. The first kappa shape index (κ1) is 24.0. The van der Waals surface area contributed by atoms with E-state index >= 15 is 0 Å². The number of rotatable bonds is 5. The third-order valence-corrected chi connectivity index (χ3v) is 7.27. The standard InChI is InChI=1S/C25H28N2O6S/c1-6-20(28)22-13-27(34(5,30)31)19-12-21-18(11-17(19)15(3)32-22)23(25(29)26-4)24(33-21)16-9-7-14(2)8-10-16/h7-12,15,22H,6,13H2,1-5H3,(H,26,29). The van der Waals surface area contributed by atoms with Crippen LogP contribution in [-0.2, 0) is 19.6 Å². The lowest BCUT2D eigenvalue weighted by Gasteiger charge is -2.24. The molecule has 8 nitrogen and oxygen atoms in total. The first-order valence-electron chi connectivity index (χ1n) is 11.1. The molecule has 2 unspecified atom stereocenters. The Hall–Kier alpha value is -3.17. The van der Waals surface area contributed by atoms with Crippen LogP contribution in [0.15, 0.2) is 40.8 Å². The molecular weight excluding hydrogens is 456 g/mol. The van der Waals surface area contributed by atoms with Crippen molar-refractivity contribution in [3.8, 4) is 11.3 Å². The van der Waals surface area contributed by atoms with Crippen molar-refractivity contribution < 1.29 is 27.2 Å². The summed E-state index contributed by atoms with van der Waals surface area (Å²) in [6, 6.07) is 11.0. The maximum atomic E-state index is 12.9. The summed E-state index contributed by atoms with van der Waals surface area (Å²) in [6.07, 6.45) is -0.147. The summed E-state index contributed by atoms with van der Waals surface area (Å²) in [4.78, 5) is 25.4. The average Bonchev–Trinajstić information content (AvgIpc) is 3.10. The highest BCUT2D eigenvalue weighted by molar-refractivity contribution is 7.92. The number of hydrogen-bond acceptors (Lipinski definition) is 6. The fraction of sp³-hybridized carbons (Fsp3) is 0.360. The number of aryl methyl sites for hydroxylation is 1. The predicted octanol–water partition coefficient (Wildman–Crippen LogP) is 3.97. The molecule has 1 N–H and O–H groups in total. The molecule has 0 aliphatic carbocycles. The molecule has 1 aromatic heterocycles. The molecule has 2 aromatic carbocycles. The molecule has 1 amide bonds. The number of amides is 1. The molecule has 0 spiro atoms. The van der Waals surface area contributed by atoms with Gasteiger partial charge in [0.15, 0.2) is 5.78 Å². The van der Waals surface area contributed by atoms with Crippen molar-refractivity contribution in [2.24, 2.45) is 0 Å². The van der Waals surface area contributed by atoms with Gasteiger partial charge in [0.05, 0.1) is 30.2 Å². The largest absolute Gasteiger partial charge is 0.455 e. The number of nitrogens with one attached hydrogen (secondary N) is 1. The smallest absolute Gasteiger partial charge is 0.255 e. The van der Waals surface area contributed by atoms with Crippen molar-refractivity contribution in [2.75, 3.05) is 24.2 Å². The number of anilines is 1. The normalized spacial score (nSPS) is 18.4. The van der Waals surface area contributed by atoms with Crippen molar-refractivity contribution in [2.45, 2.75) is 39.4 Å². The Bertz CT molecular complexity index is 1370. The molecule has 1 aliphatic heterocycles. The van der Waals surface area contributed by atoms with E-state index in [9.17, 15) is 18.0 Å². The van der Waals surface area contributed by atoms with Gasteiger partial charge in [0, 0.05) is 36.0 Å². The van der Waals surface area contributed by atoms with Crippen molar-refractivity contribution in [3.05, 3.63) is 53.1 Å². The minimum atomic E-state index is -3.73. The topological polar surface area (TPSA) is 106 Å². The lowest BCUT2D eigenvalue weighted by atomic mass is 10.00. The van der Waals surface area contributed by atoms with Crippen LogP contribution >= 0.6 is 0 Å². The van der Waals surface area contributed by atoms with Gasteiger partial charge in [-0.2, -0.15) is 0 Å². The summed E-state index contributed by atoms with van der Waals surface area (Å²) in [6.45, 7) is 5.33. The first-order chi connectivity index (χ1) is 16.0. The minimum absolute atomic E-state index is 0.123. The second kappa shape index (κ2) is 8.88. The van der Waals surface area contributed by atoms with Gasteiger partial charge in [0.25, 0.3) is 5.91 Å². The Labute approximate surface area is 198 Å². The number of Topliss-reactive ketones (excluding diaryl/α,β-unsaturated/α-hetero) is 1. The number of ether oxygens (including phenoxy) is 1. The maximum absolute atomic E-state index is 12.9. The lowest BCUT2D eigenvalue weighted by molar-refractivity contribution is -0.132. The van der Waals surface area contributed by atoms with Gasteiger partial charge in [-0.1, -0.05) is 36.8 Å². The zero-order valence-corrected chi connectivity index (χ0v) is 20.7. The Morgan fingerprint density at radius 2 is 1.85 bits per heavy atom. The molecule has 34 heavy (non-hydrogen) atoms. The minimum Gasteiger partial charge on any atom is -0.455 e. The highest BCUT2D eigenvalue weighted by Crippen LogP contribution is 2.42. The fourth-order valence-corrected chi connectivity index (χ4v) is 5.20. The van der Waals surface area contributed by atoms with E-state index in [0.29, 0.717) is 33.5 Å². The Balaban J connectivity index is 1.99. The fourth-order valence-electron chi connectivity index (χ4n) is 4.28. The van der Waals surface area contributed by atoms with Gasteiger partial charge in [-0.3, -0.25) is 13.9 Å². The van der Waals surface area contributed by atoms with Crippen LogP contribution < -0.4 is 9.62 Å². The van der Waals surface area contributed by atoms with Crippen LogP contribution in [0.4, 0.5) is 5.69 Å². The third-order valence-electron chi connectivity index (χ3n) is 6.12. The summed E-state index contributed by atoms with van der Waals surface area (Å²) in [7, 11) is -2.19. The van der Waals surface area contributed by atoms with Gasteiger partial charge in [-0.05, 0) is 19.9 Å². The molecule has 4 rings (SSSR count). The van der Waals surface area contributed by atoms with Crippen molar-refractivity contribution in [1.82, 2.24) is 5.32 Å². The Kier molecular flexibility index (Phi) is 6.26. The summed E-state index contributed by atoms with van der Waals surface area (Å²) in [5.41, 5.74) is 3.46. The quantitative estimate of drug-likeness (QED) is 0.587. The molecule has 0 bridgehead atoms. The molecule has 2 heterocycles. The van der Waals surface area contributed by atoms with E-state index in [1.807, 2.05) is 31.2 Å². The summed E-state index contributed by atoms with van der Waals surface area (Å²) >= 11 is 0. The van der Waals surface area contributed by atoms with Crippen LogP contribution in [0, 0.1) is 6.92 Å². The van der Waals surface area contributed by atoms with Crippen molar-refractivity contribution in [3.63, 3.8) is 0 Å². The summed E-state index contributed by atoms with van der Waals surface area (Å²) in [5.74, 6) is -0.104. The Morgan fingerprint density at radius 3 is 2.44 bits per heavy atom. The molecule has 180 valence electrons. The highest BCUT2D eigenvalue weighted by atomic mass is 32.2. The number of furan rings is 1. The van der Waals surface area contributed by atoms with Crippen LogP contribution in [0.2, 0.25) is 0 Å². The molecule has 0 radical (unpaired) electrons. The van der Waals surface area contributed by atoms with Gasteiger partial charge >= 0.3 is 0 Å². The molecule has 2 atom stereocenters. The van der Waals surface area contributed by atoms with Crippen LogP contribution in [0.3, 0.4) is 0 Å². The number of carbonyl (C=O) groups is 2. The van der Waals surface area contributed by atoms with Crippen LogP contribution in [-0.4, -0.2) is 46.1 Å². The number of ketones is 1. The van der Waals surface area contributed by atoms with E-state index in [1.54, 1.807) is 33.0 Å². The average molecular weight is 485 g/mol. The first-order valence-corrected chi connectivity index (χ1v) is 12.9. The van der Waals surface area contributed by atoms with Gasteiger partial charge in [0.1, 0.15) is 17.4 Å². The van der Waals surface area contributed by atoms with Gasteiger partial charge in [0.2, 0.25) is 10.0 Å². The Morgan fingerprint density at radius 1 is 1.18 bits per heavy atom. The monoisotopic (exact) mass is 484 g/mol. The molecular formula is C25H28N2O6S. The molecule has 9 heteroatoms. The van der Waals surface area contributed by atoms with Gasteiger partial charge in [-0.25, -0.2) is 8.42 Å². The second-order valence-electron chi connectivity index (χ2n) is 8.54. The summed E-state index contributed by atoms with van der Waals surface area (Å²) < 4.78 is 38.8. The molecule has 0 fully saturated rings. The molecule has 3 aromatic rings. The number of carbonyl (C=O) groups excluding carboxylic acids is 2. The molecule has 1 aliphatic rings. The van der Waals surface area contributed by atoms with Crippen LogP contribution in [0.5, 0.6) is 0 Å². The van der Waals surface area contributed by atoms with Crippen LogP contribution in [0.25, 0.3) is 22.3 Å². The second-order valence-corrected chi connectivity index (χ2v) is 10.4. The lowest BCUT2D eigenvalue weighted by Crippen LogP contribution is -2.40. The van der Waals surface area contributed by atoms with E-state index < -0.39 is 22.2 Å². The van der Waals surface area contributed by atoms with Crippen molar-refractivity contribution in [1.29, 1.82) is 0 Å². The van der Waals surface area contributed by atoms with E-state index in [4.69, 9.17) is 9.15 Å². The van der Waals surface area contributed by atoms with E-state index in [0.717, 1.165) is 17.4 Å². The SMILES string of the molecule is CCC(=O)C1CN(S(C)(=O)=O)c2cc3oc(-c4ccc(C)cc4)c(C(=O)NC)c3cc2C(C)O1. The third kappa shape index (κ3) is 4.21.